The Labute approximate surface area is 141 Å². The van der Waals surface area contributed by atoms with Gasteiger partial charge in [-0.1, -0.05) is 18.2 Å². The Balaban J connectivity index is 1.82. The second kappa shape index (κ2) is 4.81. The van der Waals surface area contributed by atoms with Crippen molar-refractivity contribution in [1.29, 1.82) is 0 Å². The fraction of sp³-hybridized carbons (Fsp3) is 0.263. The SMILES string of the molecule is O=C(O)c1cn2c(c(F)c1=O)-c1oc3c(C4CC4)cccc3c1CC2. The number of aromatic carboxylic acids is 1. The zero-order valence-electron chi connectivity index (χ0n) is 13.2. The standard InChI is InChI=1S/C19H14FNO4/c20-14-15-18-12(6-7-21(15)8-13(16(14)22)19(23)24)11-3-1-2-10(9-4-5-9)17(11)25-18/h1-3,8-9H,4-7H2,(H,23,24). The summed E-state index contributed by atoms with van der Waals surface area (Å²) >= 11 is 0. The van der Waals surface area contributed by atoms with Gasteiger partial charge in [0.2, 0.25) is 5.43 Å². The van der Waals surface area contributed by atoms with Gasteiger partial charge in [-0.25, -0.2) is 9.18 Å². The predicted octanol–water partition coefficient (Wildman–Crippen LogP) is 3.53. The van der Waals surface area contributed by atoms with Crippen LogP contribution in [0.5, 0.6) is 0 Å². The van der Waals surface area contributed by atoms with Gasteiger partial charge >= 0.3 is 5.97 Å². The van der Waals surface area contributed by atoms with E-state index in [9.17, 15) is 14.0 Å². The number of halogens is 1. The smallest absolute Gasteiger partial charge is 0.341 e. The molecule has 3 aromatic rings. The van der Waals surface area contributed by atoms with E-state index < -0.39 is 22.8 Å². The number of para-hydroxylation sites is 1. The normalized spacial score (nSPS) is 15.9. The van der Waals surface area contributed by atoms with Crippen molar-refractivity contribution in [2.75, 3.05) is 0 Å². The number of benzene rings is 1. The molecule has 0 spiro atoms. The highest BCUT2D eigenvalue weighted by atomic mass is 19.1. The molecule has 0 radical (unpaired) electrons. The van der Waals surface area contributed by atoms with Crippen LogP contribution in [0.15, 0.2) is 33.6 Å². The topological polar surface area (TPSA) is 72.4 Å². The number of furan rings is 1. The highest BCUT2D eigenvalue weighted by Gasteiger charge is 2.32. The number of fused-ring (bicyclic) bond motifs is 5. The quantitative estimate of drug-likeness (QED) is 0.775. The minimum Gasteiger partial charge on any atom is -0.477 e. The van der Waals surface area contributed by atoms with Gasteiger partial charge in [-0.15, -0.1) is 0 Å². The summed E-state index contributed by atoms with van der Waals surface area (Å²) in [6.07, 6.45) is 4.06. The average Bonchev–Trinajstić information content (AvgIpc) is 3.37. The molecule has 1 saturated carbocycles. The summed E-state index contributed by atoms with van der Waals surface area (Å²) in [6.45, 7) is 0.405. The minimum atomic E-state index is -1.43. The minimum absolute atomic E-state index is 0.0502. The summed E-state index contributed by atoms with van der Waals surface area (Å²) in [7, 11) is 0. The first-order valence-corrected chi connectivity index (χ1v) is 8.27. The molecule has 0 unspecified atom stereocenters. The average molecular weight is 339 g/mol. The molecule has 0 saturated heterocycles. The molecular formula is C19H14FNO4. The van der Waals surface area contributed by atoms with Crippen molar-refractivity contribution < 1.29 is 18.7 Å². The molecule has 0 amide bonds. The number of nitrogens with zero attached hydrogens (tertiary/aromatic N) is 1. The van der Waals surface area contributed by atoms with E-state index in [0.29, 0.717) is 24.6 Å². The first-order valence-electron chi connectivity index (χ1n) is 8.27. The maximum absolute atomic E-state index is 14.7. The Kier molecular flexibility index (Phi) is 2.78. The molecule has 2 aromatic heterocycles. The van der Waals surface area contributed by atoms with Crippen LogP contribution in [0, 0.1) is 5.82 Å². The van der Waals surface area contributed by atoms with Crippen LogP contribution in [0.1, 0.15) is 40.2 Å². The highest BCUT2D eigenvalue weighted by molar-refractivity contribution is 5.91. The number of rotatable bonds is 2. The van der Waals surface area contributed by atoms with E-state index in [1.54, 1.807) is 0 Å². The molecule has 2 aliphatic rings. The number of pyridine rings is 1. The number of carbonyl (C=O) groups is 1. The highest BCUT2D eigenvalue weighted by Crippen LogP contribution is 2.46. The molecule has 1 aliphatic carbocycles. The lowest BCUT2D eigenvalue weighted by Gasteiger charge is -2.19. The van der Waals surface area contributed by atoms with E-state index in [1.165, 1.54) is 10.8 Å². The van der Waals surface area contributed by atoms with Gasteiger partial charge in [0, 0.05) is 23.7 Å². The fourth-order valence-electron chi connectivity index (χ4n) is 3.77. The molecule has 25 heavy (non-hydrogen) atoms. The van der Waals surface area contributed by atoms with Gasteiger partial charge in [0.05, 0.1) is 0 Å². The largest absolute Gasteiger partial charge is 0.477 e. The third-order valence-corrected chi connectivity index (χ3v) is 5.14. The van der Waals surface area contributed by atoms with Crippen molar-refractivity contribution in [3.05, 3.63) is 57.1 Å². The number of carboxylic acid groups (broad SMARTS) is 1. The maximum atomic E-state index is 14.7. The van der Waals surface area contributed by atoms with Crippen molar-refractivity contribution >= 4 is 16.9 Å². The first kappa shape index (κ1) is 14.5. The second-order valence-corrected chi connectivity index (χ2v) is 6.69. The molecule has 0 bridgehead atoms. The lowest BCUT2D eigenvalue weighted by Crippen LogP contribution is -2.25. The maximum Gasteiger partial charge on any atom is 0.341 e. The van der Waals surface area contributed by atoms with Crippen LogP contribution in [0.4, 0.5) is 4.39 Å². The van der Waals surface area contributed by atoms with Gasteiger partial charge in [-0.05, 0) is 30.7 Å². The lowest BCUT2D eigenvalue weighted by molar-refractivity contribution is 0.0693. The lowest BCUT2D eigenvalue weighted by atomic mass is 9.99. The van der Waals surface area contributed by atoms with E-state index in [4.69, 9.17) is 9.52 Å². The molecule has 126 valence electrons. The van der Waals surface area contributed by atoms with Crippen LogP contribution in [-0.2, 0) is 13.0 Å². The van der Waals surface area contributed by atoms with Gasteiger partial charge in [0.25, 0.3) is 0 Å². The Morgan fingerprint density at radius 1 is 1.32 bits per heavy atom. The zero-order valence-corrected chi connectivity index (χ0v) is 13.2. The molecular weight excluding hydrogens is 325 g/mol. The Hall–Kier alpha value is -2.89. The number of aryl methyl sites for hydroxylation is 2. The van der Waals surface area contributed by atoms with E-state index in [1.807, 2.05) is 18.2 Å². The number of hydrogen-bond donors (Lipinski definition) is 1. The van der Waals surface area contributed by atoms with Crippen LogP contribution < -0.4 is 5.43 Å². The summed E-state index contributed by atoms with van der Waals surface area (Å²) in [6, 6.07) is 5.98. The Morgan fingerprint density at radius 3 is 2.84 bits per heavy atom. The number of aromatic nitrogens is 1. The zero-order chi connectivity index (χ0) is 17.3. The van der Waals surface area contributed by atoms with Crippen molar-refractivity contribution in [3.8, 4) is 11.5 Å². The van der Waals surface area contributed by atoms with Crippen molar-refractivity contribution in [1.82, 2.24) is 4.57 Å². The molecule has 3 heterocycles. The third kappa shape index (κ3) is 1.94. The molecule has 6 heteroatoms. The molecule has 1 aromatic carbocycles. The van der Waals surface area contributed by atoms with Gasteiger partial charge in [-0.3, -0.25) is 4.79 Å². The monoisotopic (exact) mass is 339 g/mol. The van der Waals surface area contributed by atoms with Gasteiger partial charge in [0.1, 0.15) is 16.8 Å². The molecule has 5 nitrogen and oxygen atoms in total. The van der Waals surface area contributed by atoms with Gasteiger partial charge in [-0.2, -0.15) is 0 Å². The number of hydrogen-bond acceptors (Lipinski definition) is 3. The van der Waals surface area contributed by atoms with Crippen LogP contribution in [0.25, 0.3) is 22.4 Å². The van der Waals surface area contributed by atoms with Crippen LogP contribution >= 0.6 is 0 Å². The summed E-state index contributed by atoms with van der Waals surface area (Å²) in [4.78, 5) is 23.3. The first-order chi connectivity index (χ1) is 12.1. The van der Waals surface area contributed by atoms with Crippen LogP contribution in [0.3, 0.4) is 0 Å². The molecule has 1 N–H and O–H groups in total. The predicted molar refractivity (Wildman–Crippen MR) is 88.5 cm³/mol. The molecule has 1 aliphatic heterocycles. The summed E-state index contributed by atoms with van der Waals surface area (Å²) in [5.74, 6) is -1.66. The summed E-state index contributed by atoms with van der Waals surface area (Å²) < 4.78 is 22.2. The summed E-state index contributed by atoms with van der Waals surface area (Å²) in [5.41, 5.74) is 1.17. The van der Waals surface area contributed by atoms with Gasteiger partial charge < -0.3 is 14.1 Å². The number of carboxylic acids is 1. The van der Waals surface area contributed by atoms with Crippen molar-refractivity contribution in [2.45, 2.75) is 31.7 Å². The van der Waals surface area contributed by atoms with E-state index in [2.05, 4.69) is 0 Å². The molecule has 0 atom stereocenters. The fourth-order valence-corrected chi connectivity index (χ4v) is 3.77. The third-order valence-electron chi connectivity index (χ3n) is 5.14. The van der Waals surface area contributed by atoms with Crippen LogP contribution in [0.2, 0.25) is 0 Å². The molecule has 5 rings (SSSR count). The van der Waals surface area contributed by atoms with E-state index in [0.717, 1.165) is 34.9 Å². The van der Waals surface area contributed by atoms with E-state index >= 15 is 0 Å². The van der Waals surface area contributed by atoms with Gasteiger partial charge in [0.15, 0.2) is 11.6 Å². The van der Waals surface area contributed by atoms with Crippen molar-refractivity contribution in [3.63, 3.8) is 0 Å². The van der Waals surface area contributed by atoms with Crippen LogP contribution in [-0.4, -0.2) is 15.6 Å². The second-order valence-electron chi connectivity index (χ2n) is 6.69. The Bertz CT molecular complexity index is 1120. The van der Waals surface area contributed by atoms with Crippen molar-refractivity contribution in [2.24, 2.45) is 0 Å². The van der Waals surface area contributed by atoms with E-state index in [-0.39, 0.29) is 5.69 Å². The molecule has 1 fully saturated rings. The Morgan fingerprint density at radius 2 is 2.12 bits per heavy atom. The summed E-state index contributed by atoms with van der Waals surface area (Å²) in [5, 5.41) is 10.1.